The van der Waals surface area contributed by atoms with E-state index in [9.17, 15) is 5.11 Å². The van der Waals surface area contributed by atoms with Gasteiger partial charge in [-0.15, -0.1) is 0 Å². The Morgan fingerprint density at radius 2 is 1.22 bits per heavy atom. The highest BCUT2D eigenvalue weighted by Crippen LogP contribution is 2.43. The molecule has 0 amide bonds. The summed E-state index contributed by atoms with van der Waals surface area (Å²) in [5.41, 5.74) is 4.29. The van der Waals surface area contributed by atoms with E-state index < -0.39 is 0 Å². The third-order valence-electron chi connectivity index (χ3n) is 4.11. The molecule has 0 aromatic heterocycles. The molecule has 2 aromatic carbocycles. The first-order valence-electron chi connectivity index (χ1n) is 8.04. The van der Waals surface area contributed by atoms with Gasteiger partial charge in [-0.25, -0.2) is 0 Å². The molecule has 0 aliphatic heterocycles. The van der Waals surface area contributed by atoms with Gasteiger partial charge in [0, 0.05) is 0 Å². The molecule has 0 atom stereocenters. The maximum Gasteiger partial charge on any atom is 0.179 e. The van der Waals surface area contributed by atoms with E-state index in [-0.39, 0.29) is 16.6 Å². The number of benzene rings is 2. The zero-order valence-corrected chi connectivity index (χ0v) is 15.3. The fourth-order valence-electron chi connectivity index (χ4n) is 2.87. The summed E-state index contributed by atoms with van der Waals surface area (Å²) in [6.07, 6.45) is 0. The minimum Gasteiger partial charge on any atom is -0.497 e. The van der Waals surface area contributed by atoms with Crippen LogP contribution in [-0.2, 0) is 15.9 Å². The van der Waals surface area contributed by atoms with Gasteiger partial charge in [-0.2, -0.15) is 0 Å². The van der Waals surface area contributed by atoms with Gasteiger partial charge in [0.15, 0.2) is 5.75 Å². The molecule has 0 unspecified atom stereocenters. The van der Waals surface area contributed by atoms with Crippen LogP contribution in [0.25, 0.3) is 11.1 Å². The Hall–Kier alpha value is -1.96. The van der Waals surface area contributed by atoms with E-state index in [0.29, 0.717) is 0 Å². The summed E-state index contributed by atoms with van der Waals surface area (Å²) < 4.78 is 5.27. The fourth-order valence-corrected chi connectivity index (χ4v) is 2.87. The van der Waals surface area contributed by atoms with E-state index in [1.165, 1.54) is 5.56 Å². The fraction of sp³-hybridized carbons (Fsp3) is 0.429. The molecule has 23 heavy (non-hydrogen) atoms. The Balaban J connectivity index is 2.81. The van der Waals surface area contributed by atoms with E-state index in [2.05, 4.69) is 53.7 Å². The second-order valence-electron chi connectivity index (χ2n) is 8.12. The quantitative estimate of drug-likeness (QED) is 0.658. The molecule has 0 heterocycles. The van der Waals surface area contributed by atoms with Crippen molar-refractivity contribution in [1.29, 1.82) is 0 Å². The normalized spacial score (nSPS) is 12.3. The van der Waals surface area contributed by atoms with Gasteiger partial charge in [-0.3, -0.25) is 5.11 Å². The van der Waals surface area contributed by atoms with Crippen LogP contribution in [0.1, 0.15) is 52.7 Å². The SMILES string of the molecule is COc1ccc(-c2c(C(C)(C)C)cc([O])cc2C(C)(C)C)cc1. The van der Waals surface area contributed by atoms with Crippen LogP contribution in [-0.4, -0.2) is 7.11 Å². The highest BCUT2D eigenvalue weighted by atomic mass is 16.5. The molecule has 0 N–H and O–H groups in total. The largest absolute Gasteiger partial charge is 0.497 e. The van der Waals surface area contributed by atoms with Gasteiger partial charge in [0.25, 0.3) is 0 Å². The molecule has 0 aliphatic carbocycles. The molecule has 0 aliphatic rings. The van der Waals surface area contributed by atoms with Crippen LogP contribution >= 0.6 is 0 Å². The van der Waals surface area contributed by atoms with Gasteiger partial charge in [0.1, 0.15) is 5.75 Å². The van der Waals surface area contributed by atoms with Crippen molar-refractivity contribution in [1.82, 2.24) is 0 Å². The molecule has 0 fully saturated rings. The molecule has 123 valence electrons. The zero-order chi connectivity index (χ0) is 17.4. The molecule has 1 radical (unpaired) electrons. The van der Waals surface area contributed by atoms with Gasteiger partial charge in [-0.05, 0) is 57.3 Å². The first-order chi connectivity index (χ1) is 10.5. The lowest BCUT2D eigenvalue weighted by atomic mass is 9.74. The standard InChI is InChI=1S/C21H27O2/c1-20(2,3)17-12-15(22)13-18(21(4,5)6)19(17)14-8-10-16(23-7)11-9-14/h8-13H,1-7H3. The number of ether oxygens (including phenoxy) is 1. The van der Waals surface area contributed by atoms with Gasteiger partial charge >= 0.3 is 0 Å². The van der Waals surface area contributed by atoms with E-state index in [1.54, 1.807) is 19.2 Å². The Kier molecular flexibility index (Phi) is 4.48. The highest BCUT2D eigenvalue weighted by molar-refractivity contribution is 5.75. The Labute approximate surface area is 140 Å². The monoisotopic (exact) mass is 311 g/mol. The number of rotatable bonds is 2. The van der Waals surface area contributed by atoms with E-state index in [4.69, 9.17) is 4.74 Å². The van der Waals surface area contributed by atoms with E-state index >= 15 is 0 Å². The average Bonchev–Trinajstić information content (AvgIpc) is 2.45. The lowest BCUT2D eigenvalue weighted by molar-refractivity contribution is 0.351. The van der Waals surface area contributed by atoms with Crippen LogP contribution < -0.4 is 4.74 Å². The molecule has 2 nitrogen and oxygen atoms in total. The lowest BCUT2D eigenvalue weighted by Crippen LogP contribution is -2.19. The Bertz CT molecular complexity index is 648. The van der Waals surface area contributed by atoms with Crippen molar-refractivity contribution in [2.24, 2.45) is 0 Å². The number of methoxy groups -OCH3 is 1. The first-order valence-corrected chi connectivity index (χ1v) is 8.04. The second kappa shape index (κ2) is 5.92. The Morgan fingerprint density at radius 1 is 0.783 bits per heavy atom. The van der Waals surface area contributed by atoms with Crippen molar-refractivity contribution in [3.63, 3.8) is 0 Å². The van der Waals surface area contributed by atoms with Crippen LogP contribution in [0.4, 0.5) is 0 Å². The summed E-state index contributed by atoms with van der Waals surface area (Å²) in [4.78, 5) is 0. The predicted molar refractivity (Wildman–Crippen MR) is 96.0 cm³/mol. The van der Waals surface area contributed by atoms with Gasteiger partial charge < -0.3 is 4.74 Å². The van der Waals surface area contributed by atoms with Crippen molar-refractivity contribution >= 4 is 0 Å². The molecule has 0 spiro atoms. The maximum atomic E-state index is 12.3. The first kappa shape index (κ1) is 17.4. The summed E-state index contributed by atoms with van der Waals surface area (Å²) >= 11 is 0. The van der Waals surface area contributed by atoms with E-state index in [0.717, 1.165) is 22.4 Å². The molecular weight excluding hydrogens is 284 g/mol. The van der Waals surface area contributed by atoms with Crippen LogP contribution in [0.5, 0.6) is 11.5 Å². The summed E-state index contributed by atoms with van der Waals surface area (Å²) in [7, 11) is 1.67. The van der Waals surface area contributed by atoms with Gasteiger partial charge in [-0.1, -0.05) is 53.7 Å². The van der Waals surface area contributed by atoms with Gasteiger partial charge in [0.2, 0.25) is 0 Å². The average molecular weight is 311 g/mol. The molecule has 0 saturated carbocycles. The van der Waals surface area contributed by atoms with Gasteiger partial charge in [0.05, 0.1) is 7.11 Å². The van der Waals surface area contributed by atoms with Crippen LogP contribution in [0.15, 0.2) is 36.4 Å². The summed E-state index contributed by atoms with van der Waals surface area (Å²) in [5, 5.41) is 12.3. The van der Waals surface area contributed by atoms with Crippen LogP contribution in [0.3, 0.4) is 0 Å². The topological polar surface area (TPSA) is 29.1 Å². The minimum absolute atomic E-state index is 0.0807. The summed E-state index contributed by atoms with van der Waals surface area (Å²) in [6.45, 7) is 12.9. The maximum absolute atomic E-state index is 12.3. The number of hydrogen-bond donors (Lipinski definition) is 0. The van der Waals surface area contributed by atoms with Crippen LogP contribution in [0, 0.1) is 0 Å². The molecule has 2 heteroatoms. The lowest BCUT2D eigenvalue weighted by Gasteiger charge is -2.30. The Morgan fingerprint density at radius 3 is 1.57 bits per heavy atom. The van der Waals surface area contributed by atoms with E-state index in [1.807, 2.05) is 12.1 Å². The minimum atomic E-state index is -0.102. The van der Waals surface area contributed by atoms with Crippen molar-refractivity contribution in [2.45, 2.75) is 52.4 Å². The number of hydrogen-bond acceptors (Lipinski definition) is 1. The molecular formula is C21H27O2. The molecule has 2 aromatic rings. The van der Waals surface area contributed by atoms with Crippen molar-refractivity contribution in [3.8, 4) is 22.6 Å². The third kappa shape index (κ3) is 3.69. The highest BCUT2D eigenvalue weighted by Gasteiger charge is 2.27. The molecule has 2 rings (SSSR count). The van der Waals surface area contributed by atoms with Crippen molar-refractivity contribution in [2.75, 3.05) is 7.11 Å². The molecule has 0 saturated heterocycles. The smallest absolute Gasteiger partial charge is 0.179 e. The van der Waals surface area contributed by atoms with Crippen molar-refractivity contribution in [3.05, 3.63) is 47.5 Å². The third-order valence-corrected chi connectivity index (χ3v) is 4.11. The summed E-state index contributed by atoms with van der Waals surface area (Å²) in [6, 6.07) is 11.7. The predicted octanol–water partition coefficient (Wildman–Crippen LogP) is 6.10. The molecule has 0 bridgehead atoms. The van der Waals surface area contributed by atoms with Crippen LogP contribution in [0.2, 0.25) is 0 Å². The summed E-state index contributed by atoms with van der Waals surface area (Å²) in [5.74, 6) is 0.918. The zero-order valence-electron chi connectivity index (χ0n) is 15.3. The second-order valence-corrected chi connectivity index (χ2v) is 8.12. The van der Waals surface area contributed by atoms with Crippen molar-refractivity contribution < 1.29 is 9.84 Å².